The number of nitrogens with zero attached hydrogens (tertiary/aromatic N) is 1. The average molecular weight is 447 g/mol. The monoisotopic (exact) mass is 447 g/mol. The van der Waals surface area contributed by atoms with E-state index in [9.17, 15) is 14.0 Å². The smallest absolute Gasteiger partial charge is 0.254 e. The van der Waals surface area contributed by atoms with Gasteiger partial charge in [-0.05, 0) is 42.0 Å². The zero-order valence-electron chi connectivity index (χ0n) is 18.0. The highest BCUT2D eigenvalue weighted by molar-refractivity contribution is 6.17. The summed E-state index contributed by atoms with van der Waals surface area (Å²) in [5.74, 6) is -0.777. The molecule has 1 aromatic heterocycles. The van der Waals surface area contributed by atoms with Crippen molar-refractivity contribution in [3.05, 3.63) is 65.5 Å². The second-order valence-electron chi connectivity index (χ2n) is 7.95. The van der Waals surface area contributed by atoms with Crippen LogP contribution in [0.4, 0.5) is 4.39 Å². The lowest BCUT2D eigenvalue weighted by atomic mass is 9.98. The minimum atomic E-state index is -0.632. The SMILES string of the molecule is COc1ccc(-c2cc(C(N)=O)c3[nH]c4cc(C(=O)N5CCOCC5)ccc4c3c2)c(F)c1. The normalized spacial score (nSPS) is 14.1. The predicted octanol–water partition coefficient (Wildman–Crippen LogP) is 3.71. The number of aromatic amines is 1. The Labute approximate surface area is 188 Å². The van der Waals surface area contributed by atoms with Crippen LogP contribution in [0.2, 0.25) is 0 Å². The van der Waals surface area contributed by atoms with Crippen LogP contribution in [0.5, 0.6) is 5.75 Å². The molecule has 7 nitrogen and oxygen atoms in total. The van der Waals surface area contributed by atoms with Crippen molar-refractivity contribution in [1.29, 1.82) is 0 Å². The zero-order valence-corrected chi connectivity index (χ0v) is 18.0. The number of nitrogens with one attached hydrogen (secondary N) is 1. The van der Waals surface area contributed by atoms with E-state index < -0.39 is 11.7 Å². The van der Waals surface area contributed by atoms with E-state index in [1.54, 1.807) is 35.2 Å². The van der Waals surface area contributed by atoms with Crippen molar-refractivity contribution in [1.82, 2.24) is 9.88 Å². The number of halogens is 1. The van der Waals surface area contributed by atoms with E-state index in [1.165, 1.54) is 13.2 Å². The van der Waals surface area contributed by atoms with Crippen molar-refractivity contribution in [3.63, 3.8) is 0 Å². The first kappa shape index (κ1) is 21.0. The lowest BCUT2D eigenvalue weighted by Crippen LogP contribution is -2.40. The number of methoxy groups -OCH3 is 1. The van der Waals surface area contributed by atoms with Gasteiger partial charge in [-0.15, -0.1) is 0 Å². The summed E-state index contributed by atoms with van der Waals surface area (Å²) in [5, 5.41) is 1.53. The van der Waals surface area contributed by atoms with E-state index in [2.05, 4.69) is 4.98 Å². The fourth-order valence-electron chi connectivity index (χ4n) is 4.30. The molecule has 0 spiro atoms. The number of hydrogen-bond donors (Lipinski definition) is 2. The number of benzene rings is 3. The van der Waals surface area contributed by atoms with Crippen molar-refractivity contribution in [3.8, 4) is 16.9 Å². The number of carbonyl (C=O) groups is 2. The molecule has 1 aliphatic rings. The van der Waals surface area contributed by atoms with Crippen molar-refractivity contribution < 1.29 is 23.5 Å². The summed E-state index contributed by atoms with van der Waals surface area (Å²) in [6.45, 7) is 2.14. The second kappa shape index (κ2) is 8.22. The Morgan fingerprint density at radius 3 is 2.55 bits per heavy atom. The molecule has 0 radical (unpaired) electrons. The van der Waals surface area contributed by atoms with Gasteiger partial charge < -0.3 is 25.1 Å². The third-order valence-electron chi connectivity index (χ3n) is 6.01. The number of H-pyrrole nitrogens is 1. The summed E-state index contributed by atoms with van der Waals surface area (Å²) in [6.07, 6.45) is 0. The summed E-state index contributed by atoms with van der Waals surface area (Å²) in [5.41, 5.74) is 8.54. The highest BCUT2D eigenvalue weighted by Crippen LogP contribution is 2.35. The molecule has 1 saturated heterocycles. The quantitative estimate of drug-likeness (QED) is 0.498. The first-order valence-corrected chi connectivity index (χ1v) is 10.6. The minimum absolute atomic E-state index is 0.0741. The number of morpholine rings is 1. The second-order valence-corrected chi connectivity index (χ2v) is 7.95. The van der Waals surface area contributed by atoms with Crippen LogP contribution in [0.15, 0.2) is 48.5 Å². The van der Waals surface area contributed by atoms with Crippen molar-refractivity contribution >= 4 is 33.6 Å². The van der Waals surface area contributed by atoms with E-state index in [0.29, 0.717) is 59.8 Å². The molecule has 8 heteroatoms. The van der Waals surface area contributed by atoms with E-state index in [0.717, 1.165) is 10.8 Å². The Morgan fingerprint density at radius 2 is 1.85 bits per heavy atom. The van der Waals surface area contributed by atoms with Crippen LogP contribution in [-0.4, -0.2) is 55.1 Å². The Balaban J connectivity index is 1.65. The van der Waals surface area contributed by atoms with E-state index in [4.69, 9.17) is 15.2 Å². The Kier molecular flexibility index (Phi) is 5.22. The number of fused-ring (bicyclic) bond motifs is 3. The number of primary amides is 1. The van der Waals surface area contributed by atoms with Gasteiger partial charge in [0.2, 0.25) is 0 Å². The first-order valence-electron chi connectivity index (χ1n) is 10.6. The Hall–Kier alpha value is -3.91. The van der Waals surface area contributed by atoms with Gasteiger partial charge in [-0.25, -0.2) is 4.39 Å². The number of ether oxygens (including phenoxy) is 2. The van der Waals surface area contributed by atoms with Crippen molar-refractivity contribution in [2.24, 2.45) is 5.73 Å². The molecule has 0 aliphatic carbocycles. The van der Waals surface area contributed by atoms with Gasteiger partial charge in [-0.1, -0.05) is 6.07 Å². The fourth-order valence-corrected chi connectivity index (χ4v) is 4.30. The maximum Gasteiger partial charge on any atom is 0.254 e. The Bertz CT molecular complexity index is 1410. The van der Waals surface area contributed by atoms with Crippen molar-refractivity contribution in [2.45, 2.75) is 0 Å². The third kappa shape index (κ3) is 3.68. The molecule has 3 N–H and O–H groups in total. The molecule has 5 rings (SSSR count). The first-order chi connectivity index (χ1) is 16.0. The summed E-state index contributed by atoms with van der Waals surface area (Å²) in [7, 11) is 1.47. The van der Waals surface area contributed by atoms with Gasteiger partial charge in [-0.2, -0.15) is 0 Å². The van der Waals surface area contributed by atoms with Crippen LogP contribution in [0.1, 0.15) is 20.7 Å². The third-order valence-corrected chi connectivity index (χ3v) is 6.01. The van der Waals surface area contributed by atoms with Crippen LogP contribution in [-0.2, 0) is 4.74 Å². The largest absolute Gasteiger partial charge is 0.497 e. The van der Waals surface area contributed by atoms with E-state index in [1.807, 2.05) is 12.1 Å². The zero-order chi connectivity index (χ0) is 23.1. The summed E-state index contributed by atoms with van der Waals surface area (Å²) in [4.78, 5) is 30.1. The maximum absolute atomic E-state index is 14.8. The number of rotatable bonds is 4. The standard InChI is InChI=1S/C25H22FN3O4/c1-32-16-3-5-17(21(26)13-16)15-10-19-18-4-2-14(25(31)29-6-8-33-9-7-29)12-22(18)28-23(19)20(11-15)24(27)30/h2-5,10-13,28H,6-9H2,1H3,(H2,27,30). The number of hydrogen-bond acceptors (Lipinski definition) is 4. The fraction of sp³-hybridized carbons (Fsp3) is 0.200. The van der Waals surface area contributed by atoms with Gasteiger partial charge in [-0.3, -0.25) is 9.59 Å². The molecule has 168 valence electrons. The maximum atomic E-state index is 14.8. The lowest BCUT2D eigenvalue weighted by Gasteiger charge is -2.26. The van der Waals surface area contributed by atoms with Crippen LogP contribution in [0, 0.1) is 5.82 Å². The molecule has 4 aromatic rings. The van der Waals surface area contributed by atoms with Gasteiger partial charge >= 0.3 is 0 Å². The number of aromatic nitrogens is 1. The van der Waals surface area contributed by atoms with Gasteiger partial charge in [0, 0.05) is 46.6 Å². The molecule has 3 aromatic carbocycles. The number of amides is 2. The van der Waals surface area contributed by atoms with Crippen LogP contribution < -0.4 is 10.5 Å². The van der Waals surface area contributed by atoms with Gasteiger partial charge in [0.1, 0.15) is 11.6 Å². The molecule has 2 amide bonds. The van der Waals surface area contributed by atoms with Crippen LogP contribution in [0.25, 0.3) is 32.9 Å². The summed E-state index contributed by atoms with van der Waals surface area (Å²) in [6, 6.07) is 13.3. The van der Waals surface area contributed by atoms with Crippen LogP contribution >= 0.6 is 0 Å². The average Bonchev–Trinajstić information content (AvgIpc) is 3.21. The molecule has 1 aliphatic heterocycles. The highest BCUT2D eigenvalue weighted by atomic mass is 19.1. The van der Waals surface area contributed by atoms with Gasteiger partial charge in [0.25, 0.3) is 11.8 Å². The topological polar surface area (TPSA) is 97.7 Å². The minimum Gasteiger partial charge on any atom is -0.497 e. The van der Waals surface area contributed by atoms with Crippen LogP contribution in [0.3, 0.4) is 0 Å². The molecular weight excluding hydrogens is 425 g/mol. The Morgan fingerprint density at radius 1 is 1.06 bits per heavy atom. The lowest BCUT2D eigenvalue weighted by molar-refractivity contribution is 0.0303. The number of carbonyl (C=O) groups excluding carboxylic acids is 2. The van der Waals surface area contributed by atoms with E-state index >= 15 is 0 Å². The molecule has 0 saturated carbocycles. The molecular formula is C25H22FN3O4. The summed E-state index contributed by atoms with van der Waals surface area (Å²) < 4.78 is 25.2. The van der Waals surface area contributed by atoms with Crippen molar-refractivity contribution in [2.75, 3.05) is 33.4 Å². The van der Waals surface area contributed by atoms with E-state index in [-0.39, 0.29) is 11.5 Å². The molecule has 1 fully saturated rings. The molecule has 0 atom stereocenters. The molecule has 33 heavy (non-hydrogen) atoms. The molecule has 0 bridgehead atoms. The highest BCUT2D eigenvalue weighted by Gasteiger charge is 2.21. The summed E-state index contributed by atoms with van der Waals surface area (Å²) >= 11 is 0. The molecule has 0 unspecified atom stereocenters. The molecule has 2 heterocycles. The van der Waals surface area contributed by atoms with Gasteiger partial charge in [0.15, 0.2) is 0 Å². The number of nitrogens with two attached hydrogens (primary N) is 1. The predicted molar refractivity (Wildman–Crippen MR) is 123 cm³/mol. The van der Waals surface area contributed by atoms with Gasteiger partial charge in [0.05, 0.1) is 31.4 Å².